The zero-order valence-electron chi connectivity index (χ0n) is 10.4. The number of Topliss-reactive ketones (excluding diaryl/α,β-unsaturated/α-hetero) is 1. The van der Waals surface area contributed by atoms with Crippen LogP contribution in [-0.2, 0) is 9.53 Å². The maximum absolute atomic E-state index is 11.7. The first kappa shape index (κ1) is 13.2. The van der Waals surface area contributed by atoms with Crippen molar-refractivity contribution >= 4 is 23.1 Å². The van der Waals surface area contributed by atoms with Gasteiger partial charge in [-0.2, -0.15) is 0 Å². The van der Waals surface area contributed by atoms with E-state index in [1.54, 1.807) is 17.5 Å². The quantitative estimate of drug-likeness (QED) is 0.474. The van der Waals surface area contributed by atoms with Crippen molar-refractivity contribution in [2.24, 2.45) is 5.92 Å². The van der Waals surface area contributed by atoms with Gasteiger partial charge in [-0.3, -0.25) is 4.79 Å². The molecule has 1 fully saturated rings. The molecule has 0 radical (unpaired) electrons. The number of piperidine rings is 1. The topological polar surface area (TPSA) is 46.6 Å². The third-order valence-corrected chi connectivity index (χ3v) is 4.09. The summed E-state index contributed by atoms with van der Waals surface area (Å²) in [7, 11) is 2.09. The Labute approximate surface area is 111 Å². The lowest BCUT2D eigenvalue weighted by molar-refractivity contribution is -0.139. The molecule has 1 saturated heterocycles. The molecule has 98 valence electrons. The minimum atomic E-state index is -0.726. The monoisotopic (exact) mass is 267 g/mol. The molecule has 1 aromatic heterocycles. The lowest BCUT2D eigenvalue weighted by Gasteiger charge is -2.28. The largest absolute Gasteiger partial charge is 0.459 e. The molecule has 1 aliphatic heterocycles. The van der Waals surface area contributed by atoms with Crippen molar-refractivity contribution in [3.8, 4) is 0 Å². The van der Waals surface area contributed by atoms with Gasteiger partial charge in [-0.05, 0) is 50.3 Å². The van der Waals surface area contributed by atoms with E-state index in [4.69, 9.17) is 4.74 Å². The molecule has 0 aromatic carbocycles. The Balaban J connectivity index is 1.76. The first-order chi connectivity index (χ1) is 8.66. The fourth-order valence-corrected chi connectivity index (χ4v) is 2.65. The van der Waals surface area contributed by atoms with Crippen molar-refractivity contribution in [2.45, 2.75) is 12.8 Å². The molecule has 5 heteroatoms. The molecule has 0 N–H and O–H groups in total. The number of ether oxygens (including phenoxy) is 1. The Hall–Kier alpha value is -1.20. The van der Waals surface area contributed by atoms with Crippen molar-refractivity contribution in [3.05, 3.63) is 22.4 Å². The molecule has 2 rings (SSSR count). The standard InChI is InChI=1S/C13H17NO3S/c1-14-6-4-10(5-7-14)9-17-13(16)12(15)11-3-2-8-18-11/h2-3,8,10H,4-7,9H2,1H3. The summed E-state index contributed by atoms with van der Waals surface area (Å²) in [5.74, 6) is -0.865. The highest BCUT2D eigenvalue weighted by atomic mass is 32.1. The number of ketones is 1. The third kappa shape index (κ3) is 3.40. The predicted molar refractivity (Wildman–Crippen MR) is 69.8 cm³/mol. The van der Waals surface area contributed by atoms with Crippen LogP contribution in [0.3, 0.4) is 0 Å². The average Bonchev–Trinajstić information content (AvgIpc) is 2.90. The molecule has 0 aliphatic carbocycles. The molecule has 0 spiro atoms. The van der Waals surface area contributed by atoms with Crippen LogP contribution in [0.25, 0.3) is 0 Å². The lowest BCUT2D eigenvalue weighted by atomic mass is 9.98. The second-order valence-electron chi connectivity index (χ2n) is 4.65. The van der Waals surface area contributed by atoms with E-state index < -0.39 is 11.8 Å². The van der Waals surface area contributed by atoms with Crippen LogP contribution >= 0.6 is 11.3 Å². The van der Waals surface area contributed by atoms with Gasteiger partial charge in [0.15, 0.2) is 0 Å². The SMILES string of the molecule is CN1CCC(COC(=O)C(=O)c2cccs2)CC1. The zero-order chi connectivity index (χ0) is 13.0. The second-order valence-corrected chi connectivity index (χ2v) is 5.60. The van der Waals surface area contributed by atoms with Gasteiger partial charge in [0, 0.05) is 0 Å². The van der Waals surface area contributed by atoms with Crippen LogP contribution in [0.15, 0.2) is 17.5 Å². The highest BCUT2D eigenvalue weighted by Gasteiger charge is 2.22. The fourth-order valence-electron chi connectivity index (χ4n) is 2.00. The second kappa shape index (κ2) is 6.11. The summed E-state index contributed by atoms with van der Waals surface area (Å²) >= 11 is 1.26. The number of nitrogens with zero attached hydrogens (tertiary/aromatic N) is 1. The van der Waals surface area contributed by atoms with Crippen LogP contribution in [0, 0.1) is 5.92 Å². The lowest BCUT2D eigenvalue weighted by Crippen LogP contribution is -2.33. The number of carbonyl (C=O) groups excluding carboxylic acids is 2. The number of rotatable bonds is 4. The molecule has 1 aliphatic rings. The first-order valence-corrected chi connectivity index (χ1v) is 6.98. The minimum Gasteiger partial charge on any atom is -0.459 e. The highest BCUT2D eigenvalue weighted by molar-refractivity contribution is 7.12. The molecule has 0 unspecified atom stereocenters. The number of esters is 1. The number of hydrogen-bond donors (Lipinski definition) is 0. The van der Waals surface area contributed by atoms with E-state index in [2.05, 4.69) is 11.9 Å². The van der Waals surface area contributed by atoms with Gasteiger partial charge >= 0.3 is 5.97 Å². The summed E-state index contributed by atoms with van der Waals surface area (Å²) in [5, 5.41) is 1.78. The summed E-state index contributed by atoms with van der Waals surface area (Å²) in [6.45, 7) is 2.42. The molecule has 0 bridgehead atoms. The van der Waals surface area contributed by atoms with Gasteiger partial charge in [0.05, 0.1) is 11.5 Å². The number of hydrogen-bond acceptors (Lipinski definition) is 5. The predicted octanol–water partition coefficient (Wildman–Crippen LogP) is 1.82. The molecule has 4 nitrogen and oxygen atoms in total. The number of likely N-dealkylation sites (tertiary alicyclic amines) is 1. The van der Waals surface area contributed by atoms with Crippen molar-refractivity contribution < 1.29 is 14.3 Å². The average molecular weight is 267 g/mol. The van der Waals surface area contributed by atoms with Crippen LogP contribution in [0.2, 0.25) is 0 Å². The molecule has 0 amide bonds. The Morgan fingerprint density at radius 3 is 2.78 bits per heavy atom. The van der Waals surface area contributed by atoms with Crippen LogP contribution < -0.4 is 0 Å². The van der Waals surface area contributed by atoms with Gasteiger partial charge in [-0.15, -0.1) is 11.3 Å². The molecular formula is C13H17NO3S. The fraction of sp³-hybridized carbons (Fsp3) is 0.538. The zero-order valence-corrected chi connectivity index (χ0v) is 11.2. The minimum absolute atomic E-state index is 0.365. The smallest absolute Gasteiger partial charge is 0.380 e. The van der Waals surface area contributed by atoms with Gasteiger partial charge in [0.2, 0.25) is 0 Å². The number of thiophene rings is 1. The number of carbonyl (C=O) groups is 2. The maximum Gasteiger partial charge on any atom is 0.380 e. The molecule has 1 aromatic rings. The summed E-state index contributed by atoms with van der Waals surface area (Å²) in [5.41, 5.74) is 0. The Bertz CT molecular complexity index is 408. The van der Waals surface area contributed by atoms with Crippen LogP contribution in [0.5, 0.6) is 0 Å². The van der Waals surface area contributed by atoms with E-state index in [1.165, 1.54) is 11.3 Å². The van der Waals surface area contributed by atoms with Crippen LogP contribution in [-0.4, -0.2) is 43.4 Å². The van der Waals surface area contributed by atoms with Crippen molar-refractivity contribution in [1.82, 2.24) is 4.90 Å². The molecule has 0 saturated carbocycles. The highest BCUT2D eigenvalue weighted by Crippen LogP contribution is 2.17. The van der Waals surface area contributed by atoms with Crippen molar-refractivity contribution in [3.63, 3.8) is 0 Å². The molecular weight excluding hydrogens is 250 g/mol. The van der Waals surface area contributed by atoms with Gasteiger partial charge in [-0.25, -0.2) is 4.79 Å². The third-order valence-electron chi connectivity index (χ3n) is 3.22. The van der Waals surface area contributed by atoms with E-state index in [0.29, 0.717) is 17.4 Å². The van der Waals surface area contributed by atoms with E-state index in [1.807, 2.05) is 0 Å². The Kier molecular flexibility index (Phi) is 4.49. The summed E-state index contributed by atoms with van der Waals surface area (Å²) < 4.78 is 5.10. The normalized spacial score (nSPS) is 17.6. The molecule has 18 heavy (non-hydrogen) atoms. The first-order valence-electron chi connectivity index (χ1n) is 6.10. The summed E-state index contributed by atoms with van der Waals surface area (Å²) in [6.07, 6.45) is 2.05. The van der Waals surface area contributed by atoms with Crippen LogP contribution in [0.4, 0.5) is 0 Å². The Morgan fingerprint density at radius 1 is 1.44 bits per heavy atom. The van der Waals surface area contributed by atoms with E-state index >= 15 is 0 Å². The van der Waals surface area contributed by atoms with Gasteiger partial charge in [0.1, 0.15) is 0 Å². The Morgan fingerprint density at radius 2 is 2.17 bits per heavy atom. The molecule has 0 atom stereocenters. The van der Waals surface area contributed by atoms with E-state index in [9.17, 15) is 9.59 Å². The van der Waals surface area contributed by atoms with Crippen molar-refractivity contribution in [1.29, 1.82) is 0 Å². The van der Waals surface area contributed by atoms with Gasteiger partial charge in [-0.1, -0.05) is 6.07 Å². The molecule has 2 heterocycles. The van der Waals surface area contributed by atoms with Gasteiger partial charge < -0.3 is 9.64 Å². The van der Waals surface area contributed by atoms with Gasteiger partial charge in [0.25, 0.3) is 5.78 Å². The summed E-state index contributed by atoms with van der Waals surface area (Å²) in [4.78, 5) is 25.9. The van der Waals surface area contributed by atoms with E-state index in [0.717, 1.165) is 25.9 Å². The van der Waals surface area contributed by atoms with E-state index in [-0.39, 0.29) is 0 Å². The van der Waals surface area contributed by atoms with Crippen LogP contribution in [0.1, 0.15) is 22.5 Å². The summed E-state index contributed by atoms with van der Waals surface area (Å²) in [6, 6.07) is 3.39. The maximum atomic E-state index is 11.7. The van der Waals surface area contributed by atoms with Crippen molar-refractivity contribution in [2.75, 3.05) is 26.7 Å².